The number of rotatable bonds is 5. The summed E-state index contributed by atoms with van der Waals surface area (Å²) in [5.41, 5.74) is 0. The van der Waals surface area contributed by atoms with Gasteiger partial charge in [0.1, 0.15) is 0 Å². The van der Waals surface area contributed by atoms with Crippen molar-refractivity contribution in [2.24, 2.45) is 59.2 Å². The monoisotopic (exact) mass is 422 g/mol. The van der Waals surface area contributed by atoms with E-state index in [9.17, 15) is 19.2 Å². The number of fused-ring (bicyclic) bond motifs is 4. The van der Waals surface area contributed by atoms with Crippen LogP contribution in [0.15, 0.2) is 0 Å². The first-order valence-corrected chi connectivity index (χ1v) is 10.7. The van der Waals surface area contributed by atoms with Crippen LogP contribution in [-0.2, 0) is 38.1 Å². The van der Waals surface area contributed by atoms with Crippen LogP contribution in [0.5, 0.6) is 0 Å². The molecule has 4 aliphatic rings. The van der Waals surface area contributed by atoms with Gasteiger partial charge in [0.05, 0.1) is 52.1 Å². The average Bonchev–Trinajstić information content (AvgIpc) is 3.53. The highest BCUT2D eigenvalue weighted by atomic mass is 16.5. The summed E-state index contributed by atoms with van der Waals surface area (Å²) in [6.45, 7) is 0. The molecule has 8 nitrogen and oxygen atoms in total. The molecule has 0 N–H and O–H groups in total. The Labute approximate surface area is 175 Å². The molecule has 0 heterocycles. The molecule has 0 amide bonds. The van der Waals surface area contributed by atoms with E-state index in [1.165, 1.54) is 28.4 Å². The van der Waals surface area contributed by atoms with Crippen molar-refractivity contribution in [1.29, 1.82) is 0 Å². The van der Waals surface area contributed by atoms with Crippen molar-refractivity contribution in [2.75, 3.05) is 28.4 Å². The number of carbonyl (C=O) groups excluding carboxylic acids is 4. The van der Waals surface area contributed by atoms with E-state index < -0.39 is 23.7 Å². The van der Waals surface area contributed by atoms with Crippen LogP contribution in [0.25, 0.3) is 0 Å². The lowest BCUT2D eigenvalue weighted by molar-refractivity contribution is -0.164. The van der Waals surface area contributed by atoms with E-state index in [2.05, 4.69) is 0 Å². The standard InChI is InChI=1S/C22H30O8/c1-27-19(23)15-9-5-11(13(7-9)17(15)21(25)29-3)12-6-10-8-14(12)18(22(26)30-4)16(10)20(24)28-2/h9-18H,5-8H2,1-4H3. The molecule has 4 rings (SSSR count). The van der Waals surface area contributed by atoms with Crippen LogP contribution in [0.2, 0.25) is 0 Å². The molecule has 0 radical (unpaired) electrons. The summed E-state index contributed by atoms with van der Waals surface area (Å²) in [4.78, 5) is 49.9. The van der Waals surface area contributed by atoms with Gasteiger partial charge in [0.15, 0.2) is 0 Å². The van der Waals surface area contributed by atoms with Crippen LogP contribution < -0.4 is 0 Å². The second-order valence-corrected chi connectivity index (χ2v) is 9.31. The van der Waals surface area contributed by atoms with Gasteiger partial charge in [-0.2, -0.15) is 0 Å². The van der Waals surface area contributed by atoms with Crippen LogP contribution in [0.3, 0.4) is 0 Å². The smallest absolute Gasteiger partial charge is 0.309 e. The Balaban J connectivity index is 1.59. The van der Waals surface area contributed by atoms with E-state index in [-0.39, 0.29) is 59.4 Å². The van der Waals surface area contributed by atoms with Crippen LogP contribution in [-0.4, -0.2) is 52.3 Å². The lowest BCUT2D eigenvalue weighted by Crippen LogP contribution is -2.45. The van der Waals surface area contributed by atoms with E-state index in [1.54, 1.807) is 0 Å². The first-order valence-electron chi connectivity index (χ1n) is 10.7. The molecule has 0 spiro atoms. The maximum Gasteiger partial charge on any atom is 0.309 e. The number of methoxy groups -OCH3 is 4. The topological polar surface area (TPSA) is 105 Å². The minimum absolute atomic E-state index is 0.0331. The highest BCUT2D eigenvalue weighted by Crippen LogP contribution is 2.65. The molecule has 4 fully saturated rings. The number of ether oxygens (including phenoxy) is 4. The van der Waals surface area contributed by atoms with Crippen molar-refractivity contribution < 1.29 is 38.1 Å². The normalized spacial score (nSPS) is 43.3. The lowest BCUT2D eigenvalue weighted by Gasteiger charge is -2.41. The zero-order valence-corrected chi connectivity index (χ0v) is 17.9. The van der Waals surface area contributed by atoms with Crippen molar-refractivity contribution in [3.63, 3.8) is 0 Å². The van der Waals surface area contributed by atoms with Crippen molar-refractivity contribution >= 4 is 23.9 Å². The Hall–Kier alpha value is -2.12. The molecule has 8 heteroatoms. The third-order valence-electron chi connectivity index (χ3n) is 8.55. The molecule has 0 aromatic heterocycles. The van der Waals surface area contributed by atoms with Crippen LogP contribution >= 0.6 is 0 Å². The quantitative estimate of drug-likeness (QED) is 0.484. The highest BCUT2D eigenvalue weighted by Gasteiger charge is 2.65. The van der Waals surface area contributed by atoms with Gasteiger partial charge in [0.25, 0.3) is 0 Å². The summed E-state index contributed by atoms with van der Waals surface area (Å²) >= 11 is 0. The van der Waals surface area contributed by atoms with Gasteiger partial charge in [-0.1, -0.05) is 0 Å². The molecular weight excluding hydrogens is 392 g/mol. The first-order chi connectivity index (χ1) is 14.4. The summed E-state index contributed by atoms with van der Waals surface area (Å²) in [5, 5.41) is 0. The summed E-state index contributed by atoms with van der Waals surface area (Å²) in [7, 11) is 5.40. The second kappa shape index (κ2) is 7.85. The fourth-order valence-electron chi connectivity index (χ4n) is 7.67. The van der Waals surface area contributed by atoms with Crippen LogP contribution in [0, 0.1) is 59.2 Å². The summed E-state index contributed by atoms with van der Waals surface area (Å²) < 4.78 is 20.0. The van der Waals surface area contributed by atoms with E-state index >= 15 is 0 Å². The molecule has 10 unspecified atom stereocenters. The predicted octanol–water partition coefficient (Wildman–Crippen LogP) is 1.46. The van der Waals surface area contributed by atoms with Crippen molar-refractivity contribution in [3.05, 3.63) is 0 Å². The van der Waals surface area contributed by atoms with Gasteiger partial charge in [0.2, 0.25) is 0 Å². The molecule has 4 aliphatic carbocycles. The van der Waals surface area contributed by atoms with Gasteiger partial charge >= 0.3 is 23.9 Å². The number of hydrogen-bond donors (Lipinski definition) is 0. The Morgan fingerprint density at radius 3 is 1.03 bits per heavy atom. The van der Waals surface area contributed by atoms with E-state index in [0.29, 0.717) is 0 Å². The van der Waals surface area contributed by atoms with Gasteiger partial charge in [-0.15, -0.1) is 0 Å². The van der Waals surface area contributed by atoms with Gasteiger partial charge in [-0.25, -0.2) is 0 Å². The number of carbonyl (C=O) groups is 4. The van der Waals surface area contributed by atoms with Gasteiger partial charge in [0, 0.05) is 0 Å². The van der Waals surface area contributed by atoms with Crippen molar-refractivity contribution in [3.8, 4) is 0 Å². The van der Waals surface area contributed by atoms with Gasteiger partial charge < -0.3 is 18.9 Å². The summed E-state index contributed by atoms with van der Waals surface area (Å²) in [6.07, 6.45) is 3.26. The molecule has 0 aliphatic heterocycles. The number of esters is 4. The minimum atomic E-state index is -0.502. The molecule has 10 atom stereocenters. The Bertz CT molecular complexity index is 685. The summed E-state index contributed by atoms with van der Waals surface area (Å²) in [5.74, 6) is -2.64. The van der Waals surface area contributed by atoms with Crippen LogP contribution in [0.4, 0.5) is 0 Å². The molecule has 30 heavy (non-hydrogen) atoms. The molecule has 0 aromatic carbocycles. The van der Waals surface area contributed by atoms with E-state index in [1.807, 2.05) is 0 Å². The third-order valence-corrected chi connectivity index (χ3v) is 8.55. The fourth-order valence-corrected chi connectivity index (χ4v) is 7.67. The lowest BCUT2D eigenvalue weighted by atomic mass is 9.62. The van der Waals surface area contributed by atoms with Gasteiger partial charge in [-0.3, -0.25) is 19.2 Å². The Morgan fingerprint density at radius 1 is 0.467 bits per heavy atom. The molecule has 166 valence electrons. The van der Waals surface area contributed by atoms with Gasteiger partial charge in [-0.05, 0) is 61.2 Å². The second-order valence-electron chi connectivity index (χ2n) is 9.31. The molecular formula is C22H30O8. The third kappa shape index (κ3) is 2.94. The SMILES string of the molecule is COC(=O)C1C2CC(C3CC4CC3C(C(=O)OC)C4C(=O)OC)C(C2)C1C(=O)OC. The minimum Gasteiger partial charge on any atom is -0.469 e. The van der Waals surface area contributed by atoms with Crippen molar-refractivity contribution in [2.45, 2.75) is 25.7 Å². The fraction of sp³-hybridized carbons (Fsp3) is 0.818. The maximum atomic E-state index is 12.6. The average molecular weight is 422 g/mol. The van der Waals surface area contributed by atoms with E-state index in [0.717, 1.165) is 25.7 Å². The Kier molecular flexibility index (Phi) is 5.53. The van der Waals surface area contributed by atoms with Crippen molar-refractivity contribution in [1.82, 2.24) is 0 Å². The van der Waals surface area contributed by atoms with E-state index in [4.69, 9.17) is 18.9 Å². The number of hydrogen-bond acceptors (Lipinski definition) is 8. The zero-order valence-electron chi connectivity index (χ0n) is 17.9. The largest absolute Gasteiger partial charge is 0.469 e. The summed E-state index contributed by atoms with van der Waals surface area (Å²) in [6, 6.07) is 0. The Morgan fingerprint density at radius 2 is 0.733 bits per heavy atom. The first kappa shape index (κ1) is 21.1. The molecule has 4 bridgehead atoms. The zero-order chi connectivity index (χ0) is 21.7. The maximum absolute atomic E-state index is 12.6. The molecule has 0 aromatic rings. The van der Waals surface area contributed by atoms with Crippen LogP contribution in [0.1, 0.15) is 25.7 Å². The molecule has 0 saturated heterocycles. The highest BCUT2D eigenvalue weighted by molar-refractivity contribution is 5.84. The predicted molar refractivity (Wildman–Crippen MR) is 101 cm³/mol. The molecule has 4 saturated carbocycles.